The van der Waals surface area contributed by atoms with Crippen LogP contribution in [-0.2, 0) is 10.0 Å². The summed E-state index contributed by atoms with van der Waals surface area (Å²) in [5.74, 6) is 0.248. The zero-order valence-corrected chi connectivity index (χ0v) is 15.0. The van der Waals surface area contributed by atoms with Gasteiger partial charge in [0, 0.05) is 18.6 Å². The molecule has 0 aromatic rings. The number of piperidine rings is 1. The van der Waals surface area contributed by atoms with E-state index in [1.807, 2.05) is 0 Å². The highest BCUT2D eigenvalue weighted by Gasteiger charge is 2.36. The van der Waals surface area contributed by atoms with E-state index in [2.05, 4.69) is 32.6 Å². The number of nitrogens with zero attached hydrogens (tertiary/aromatic N) is 2. The van der Waals surface area contributed by atoms with Crippen molar-refractivity contribution in [2.45, 2.75) is 58.6 Å². The van der Waals surface area contributed by atoms with Gasteiger partial charge in [-0.3, -0.25) is 4.90 Å². The number of hydrogen-bond acceptors (Lipinski definition) is 4. The molecule has 21 heavy (non-hydrogen) atoms. The fraction of sp³-hybridized carbons (Fsp3) is 1.00. The topological polar surface area (TPSA) is 60.9 Å². The summed E-state index contributed by atoms with van der Waals surface area (Å²) >= 11 is 0. The second-order valence-corrected chi connectivity index (χ2v) is 8.69. The molecular weight excluding hydrogens is 288 g/mol. The zero-order chi connectivity index (χ0) is 16.3. The molecule has 1 N–H and O–H groups in total. The molecule has 0 spiro atoms. The molecule has 0 bridgehead atoms. The maximum Gasteiger partial charge on any atom is 0.211 e. The molecule has 0 radical (unpaired) electrons. The highest BCUT2D eigenvalue weighted by molar-refractivity contribution is 7.88. The van der Waals surface area contributed by atoms with Crippen LogP contribution in [0.5, 0.6) is 0 Å². The highest BCUT2D eigenvalue weighted by atomic mass is 32.2. The maximum absolute atomic E-state index is 11.7. The van der Waals surface area contributed by atoms with Crippen LogP contribution in [0.4, 0.5) is 0 Å². The Labute approximate surface area is 130 Å². The molecule has 0 amide bonds. The molecule has 1 saturated heterocycles. The largest absolute Gasteiger partial charge is 0.391 e. The average molecular weight is 320 g/mol. The second-order valence-electron chi connectivity index (χ2n) is 6.71. The summed E-state index contributed by atoms with van der Waals surface area (Å²) < 4.78 is 24.9. The van der Waals surface area contributed by atoms with Crippen molar-refractivity contribution in [3.63, 3.8) is 0 Å². The van der Waals surface area contributed by atoms with Gasteiger partial charge in [0.15, 0.2) is 0 Å². The summed E-state index contributed by atoms with van der Waals surface area (Å²) in [4.78, 5) is 2.26. The number of aliphatic hydroxyl groups excluding tert-OH is 1. The van der Waals surface area contributed by atoms with Crippen molar-refractivity contribution < 1.29 is 13.5 Å². The van der Waals surface area contributed by atoms with Crippen LogP contribution in [0.2, 0.25) is 0 Å². The van der Waals surface area contributed by atoms with Gasteiger partial charge in [0.25, 0.3) is 0 Å². The molecule has 1 aliphatic heterocycles. The van der Waals surface area contributed by atoms with Crippen molar-refractivity contribution in [2.75, 3.05) is 32.4 Å². The Bertz CT molecular complexity index is 419. The molecule has 1 fully saturated rings. The van der Waals surface area contributed by atoms with Crippen LogP contribution in [-0.4, -0.2) is 66.8 Å². The maximum atomic E-state index is 11.7. The lowest BCUT2D eigenvalue weighted by Gasteiger charge is -2.43. The van der Waals surface area contributed by atoms with Crippen LogP contribution in [0.3, 0.4) is 0 Å². The minimum atomic E-state index is -3.11. The Hall–Kier alpha value is -0.170. The smallest absolute Gasteiger partial charge is 0.211 e. The zero-order valence-electron chi connectivity index (χ0n) is 14.2. The molecule has 126 valence electrons. The van der Waals surface area contributed by atoms with Gasteiger partial charge in [-0.15, -0.1) is 0 Å². The van der Waals surface area contributed by atoms with Crippen LogP contribution in [0.25, 0.3) is 0 Å². The van der Waals surface area contributed by atoms with Crippen LogP contribution in [0, 0.1) is 5.92 Å². The Morgan fingerprint density at radius 2 is 1.90 bits per heavy atom. The second kappa shape index (κ2) is 7.40. The van der Waals surface area contributed by atoms with Crippen LogP contribution >= 0.6 is 0 Å². The predicted molar refractivity (Wildman–Crippen MR) is 86.8 cm³/mol. The van der Waals surface area contributed by atoms with Crippen LogP contribution in [0.1, 0.15) is 47.0 Å². The van der Waals surface area contributed by atoms with Gasteiger partial charge in [-0.2, -0.15) is 0 Å². The Kier molecular flexibility index (Phi) is 6.65. The third kappa shape index (κ3) is 4.91. The van der Waals surface area contributed by atoms with Gasteiger partial charge in [-0.05, 0) is 52.1 Å². The molecule has 2 unspecified atom stereocenters. The molecule has 0 saturated carbocycles. The van der Waals surface area contributed by atoms with Crippen molar-refractivity contribution in [3.05, 3.63) is 0 Å². The normalized spacial score (nSPS) is 23.5. The molecular formula is C15H32N2O3S. The summed E-state index contributed by atoms with van der Waals surface area (Å²) in [5.41, 5.74) is -0.281. The first kappa shape index (κ1) is 18.9. The van der Waals surface area contributed by atoms with Gasteiger partial charge in [0.2, 0.25) is 10.0 Å². The van der Waals surface area contributed by atoms with Crippen molar-refractivity contribution in [1.82, 2.24) is 9.21 Å². The first-order valence-corrected chi connectivity index (χ1v) is 9.86. The summed E-state index contributed by atoms with van der Waals surface area (Å²) in [7, 11) is -3.11. The van der Waals surface area contributed by atoms with E-state index in [9.17, 15) is 13.5 Å². The number of hydrogen-bond donors (Lipinski definition) is 1. The molecule has 1 heterocycles. The third-order valence-corrected chi connectivity index (χ3v) is 6.17. The van der Waals surface area contributed by atoms with E-state index >= 15 is 0 Å². The minimum Gasteiger partial charge on any atom is -0.391 e. The van der Waals surface area contributed by atoms with E-state index in [-0.39, 0.29) is 11.5 Å². The molecule has 2 atom stereocenters. The molecule has 1 rings (SSSR count). The predicted octanol–water partition coefficient (Wildman–Crippen LogP) is 1.53. The Balaban J connectivity index is 2.67. The van der Waals surface area contributed by atoms with Crippen molar-refractivity contribution in [1.29, 1.82) is 0 Å². The number of rotatable bonds is 7. The summed E-state index contributed by atoms with van der Waals surface area (Å²) in [6, 6.07) is 0. The highest BCUT2D eigenvalue weighted by Crippen LogP contribution is 2.28. The molecule has 1 aliphatic rings. The van der Waals surface area contributed by atoms with Crippen molar-refractivity contribution >= 4 is 10.0 Å². The number of likely N-dealkylation sites (N-methyl/N-ethyl adjacent to an activating group) is 1. The summed E-state index contributed by atoms with van der Waals surface area (Å²) in [6.45, 7) is 11.3. The lowest BCUT2D eigenvalue weighted by atomic mass is 9.85. The monoisotopic (exact) mass is 320 g/mol. The quantitative estimate of drug-likeness (QED) is 0.773. The van der Waals surface area contributed by atoms with E-state index in [0.29, 0.717) is 19.5 Å². The minimum absolute atomic E-state index is 0.248. The summed E-state index contributed by atoms with van der Waals surface area (Å²) in [5, 5.41) is 10.6. The third-order valence-electron chi connectivity index (χ3n) is 4.90. The lowest BCUT2D eigenvalue weighted by Crippen LogP contribution is -2.53. The first-order valence-electron chi connectivity index (χ1n) is 8.01. The summed E-state index contributed by atoms with van der Waals surface area (Å²) in [6.07, 6.45) is 3.37. The van der Waals surface area contributed by atoms with Crippen LogP contribution < -0.4 is 0 Å². The first-order chi connectivity index (χ1) is 9.62. The fourth-order valence-electron chi connectivity index (χ4n) is 3.37. The molecule has 5 nitrogen and oxygen atoms in total. The van der Waals surface area contributed by atoms with Gasteiger partial charge in [0.1, 0.15) is 0 Å². The standard InChI is InChI=1S/C15H32N2O3S/c1-6-16(7-2)15(3,4)14(18)11-13-9-8-10-17(12-13)21(5,19)20/h13-14,18H,6-12H2,1-5H3. The van der Waals surface area contributed by atoms with E-state index in [0.717, 1.165) is 25.9 Å². The van der Waals surface area contributed by atoms with Crippen molar-refractivity contribution in [3.8, 4) is 0 Å². The van der Waals surface area contributed by atoms with Gasteiger partial charge in [-0.25, -0.2) is 12.7 Å². The molecule has 0 aromatic heterocycles. The van der Waals surface area contributed by atoms with E-state index in [1.165, 1.54) is 6.26 Å². The van der Waals surface area contributed by atoms with Gasteiger partial charge < -0.3 is 5.11 Å². The molecule has 0 aromatic carbocycles. The van der Waals surface area contributed by atoms with E-state index in [1.54, 1.807) is 4.31 Å². The molecule has 0 aliphatic carbocycles. The number of sulfonamides is 1. The van der Waals surface area contributed by atoms with Gasteiger partial charge >= 0.3 is 0 Å². The van der Waals surface area contributed by atoms with Gasteiger partial charge in [-0.1, -0.05) is 13.8 Å². The van der Waals surface area contributed by atoms with Gasteiger partial charge in [0.05, 0.1) is 12.4 Å². The fourth-order valence-corrected chi connectivity index (χ4v) is 4.32. The van der Waals surface area contributed by atoms with E-state index in [4.69, 9.17) is 0 Å². The Morgan fingerprint density at radius 3 is 2.38 bits per heavy atom. The Morgan fingerprint density at radius 1 is 1.33 bits per heavy atom. The SMILES string of the molecule is CCN(CC)C(C)(C)C(O)CC1CCCN(S(C)(=O)=O)C1. The average Bonchev–Trinajstić information content (AvgIpc) is 2.39. The lowest BCUT2D eigenvalue weighted by molar-refractivity contribution is -0.0213. The molecule has 6 heteroatoms. The van der Waals surface area contributed by atoms with E-state index < -0.39 is 16.1 Å². The van der Waals surface area contributed by atoms with Crippen LogP contribution in [0.15, 0.2) is 0 Å². The van der Waals surface area contributed by atoms with Crippen molar-refractivity contribution in [2.24, 2.45) is 5.92 Å². The number of aliphatic hydroxyl groups is 1.